The number of H-pyrrole nitrogens is 1. The highest BCUT2D eigenvalue weighted by Gasteiger charge is 2.28. The molecule has 8 heteroatoms. The Morgan fingerprint density at radius 3 is 2.61 bits per heavy atom. The molecule has 1 atom stereocenters. The normalized spacial score (nSPS) is 17.0. The van der Waals surface area contributed by atoms with Crippen LogP contribution in [0.5, 0.6) is 0 Å². The molecule has 1 saturated heterocycles. The van der Waals surface area contributed by atoms with Gasteiger partial charge < -0.3 is 15.1 Å². The number of rotatable bonds is 4. The van der Waals surface area contributed by atoms with Crippen molar-refractivity contribution in [2.75, 3.05) is 16.8 Å². The second kappa shape index (κ2) is 7.10. The van der Waals surface area contributed by atoms with Crippen molar-refractivity contribution in [3.63, 3.8) is 0 Å². The molecule has 2 aliphatic rings. The van der Waals surface area contributed by atoms with E-state index in [2.05, 4.69) is 15.5 Å². The van der Waals surface area contributed by atoms with Crippen LogP contribution in [0.3, 0.4) is 0 Å². The van der Waals surface area contributed by atoms with Gasteiger partial charge >= 0.3 is 0 Å². The Balaban J connectivity index is 1.43. The molecule has 1 aromatic heterocycles. The fourth-order valence-corrected chi connectivity index (χ4v) is 3.70. The maximum absolute atomic E-state index is 12.7. The van der Waals surface area contributed by atoms with Gasteiger partial charge in [0.1, 0.15) is 5.82 Å². The van der Waals surface area contributed by atoms with Crippen molar-refractivity contribution in [1.29, 1.82) is 0 Å². The number of hydrogen-bond donors (Lipinski definition) is 2. The quantitative estimate of drug-likeness (QED) is 0.848. The highest BCUT2D eigenvalue weighted by Crippen LogP contribution is 2.29. The Hall–Kier alpha value is -3.16. The molecule has 1 aromatic carbocycles. The predicted molar refractivity (Wildman–Crippen MR) is 104 cm³/mol. The van der Waals surface area contributed by atoms with Gasteiger partial charge in [-0.15, -0.1) is 0 Å². The molecule has 3 heterocycles. The van der Waals surface area contributed by atoms with Gasteiger partial charge in [0.15, 0.2) is 0 Å². The first-order valence-corrected chi connectivity index (χ1v) is 9.47. The van der Waals surface area contributed by atoms with Crippen molar-refractivity contribution < 1.29 is 14.4 Å². The van der Waals surface area contributed by atoms with Crippen LogP contribution in [0.25, 0.3) is 0 Å². The first kappa shape index (κ1) is 18.2. The lowest BCUT2D eigenvalue weighted by Crippen LogP contribution is -2.24. The molecule has 146 valence electrons. The highest BCUT2D eigenvalue weighted by molar-refractivity contribution is 5.97. The summed E-state index contributed by atoms with van der Waals surface area (Å²) in [7, 11) is 0. The molecule has 0 saturated carbocycles. The summed E-state index contributed by atoms with van der Waals surface area (Å²) in [6.07, 6.45) is 1.48. The average molecular weight is 381 g/mol. The van der Waals surface area contributed by atoms with Gasteiger partial charge in [-0.3, -0.25) is 19.5 Å². The minimum absolute atomic E-state index is 0.0137. The monoisotopic (exact) mass is 381 g/mol. The maximum Gasteiger partial charge on any atom is 0.232 e. The minimum atomic E-state index is -0.368. The van der Waals surface area contributed by atoms with Crippen LogP contribution >= 0.6 is 0 Å². The number of aromatic amines is 1. The number of carbonyl (C=O) groups is 3. The van der Waals surface area contributed by atoms with E-state index in [-0.39, 0.29) is 23.6 Å². The molecule has 1 unspecified atom stereocenters. The lowest BCUT2D eigenvalue weighted by atomic mass is 10.00. The molecule has 8 nitrogen and oxygen atoms in total. The molecule has 0 spiro atoms. The molecule has 0 bridgehead atoms. The van der Waals surface area contributed by atoms with Crippen molar-refractivity contribution in [1.82, 2.24) is 15.1 Å². The van der Waals surface area contributed by atoms with Crippen LogP contribution in [0.15, 0.2) is 24.3 Å². The predicted octanol–water partition coefficient (Wildman–Crippen LogP) is 2.14. The largest absolute Gasteiger partial charge is 0.332 e. The Labute approximate surface area is 162 Å². The number of nitrogens with one attached hydrogen (secondary N) is 2. The zero-order chi connectivity index (χ0) is 19.8. The molecule has 1 fully saturated rings. The fraction of sp³-hybridized carbons (Fsp3) is 0.400. The smallest absolute Gasteiger partial charge is 0.232 e. The third kappa shape index (κ3) is 3.26. The number of nitrogens with zero attached hydrogens (tertiary/aromatic N) is 3. The third-order valence-electron chi connectivity index (χ3n) is 5.51. The van der Waals surface area contributed by atoms with E-state index in [1.807, 2.05) is 31.2 Å². The van der Waals surface area contributed by atoms with Gasteiger partial charge in [0, 0.05) is 31.1 Å². The summed E-state index contributed by atoms with van der Waals surface area (Å²) in [5.74, 6) is 0.159. The Morgan fingerprint density at radius 2 is 1.96 bits per heavy atom. The minimum Gasteiger partial charge on any atom is -0.332 e. The highest BCUT2D eigenvalue weighted by atomic mass is 16.2. The maximum atomic E-state index is 12.7. The molecule has 0 radical (unpaired) electrons. The third-order valence-corrected chi connectivity index (χ3v) is 5.51. The number of aromatic nitrogens is 2. The number of anilines is 2. The second-order valence-corrected chi connectivity index (χ2v) is 7.35. The topological polar surface area (TPSA) is 98.4 Å². The Kier molecular flexibility index (Phi) is 4.62. The SMILES string of the molecule is CC(=O)N1Cc2n[nH]c(NC(=O)C(C)c3ccc(N4CCCC4=O)cc3)c2C1. The molecular weight excluding hydrogens is 358 g/mol. The molecule has 3 amide bonds. The van der Waals surface area contributed by atoms with Gasteiger partial charge in [-0.2, -0.15) is 5.10 Å². The van der Waals surface area contributed by atoms with Gasteiger partial charge in [0.05, 0.1) is 24.7 Å². The molecule has 28 heavy (non-hydrogen) atoms. The molecule has 4 rings (SSSR count). The van der Waals surface area contributed by atoms with Crippen molar-refractivity contribution >= 4 is 29.2 Å². The van der Waals surface area contributed by atoms with Gasteiger partial charge in [-0.25, -0.2) is 0 Å². The zero-order valence-electron chi connectivity index (χ0n) is 16.0. The van der Waals surface area contributed by atoms with Gasteiger partial charge in [0.2, 0.25) is 17.7 Å². The number of benzene rings is 1. The van der Waals surface area contributed by atoms with E-state index in [0.717, 1.165) is 35.5 Å². The molecule has 2 N–H and O–H groups in total. The van der Waals surface area contributed by atoms with Crippen LogP contribution < -0.4 is 10.2 Å². The van der Waals surface area contributed by atoms with E-state index in [9.17, 15) is 14.4 Å². The van der Waals surface area contributed by atoms with Crippen molar-refractivity contribution in [3.05, 3.63) is 41.1 Å². The number of amides is 3. The van der Waals surface area contributed by atoms with E-state index in [1.54, 1.807) is 9.80 Å². The van der Waals surface area contributed by atoms with Crippen LogP contribution in [0.1, 0.15) is 49.4 Å². The van der Waals surface area contributed by atoms with Crippen molar-refractivity contribution in [3.8, 4) is 0 Å². The van der Waals surface area contributed by atoms with Crippen molar-refractivity contribution in [2.24, 2.45) is 0 Å². The van der Waals surface area contributed by atoms with Crippen LogP contribution in [-0.4, -0.2) is 39.4 Å². The Morgan fingerprint density at radius 1 is 1.21 bits per heavy atom. The summed E-state index contributed by atoms with van der Waals surface area (Å²) in [6, 6.07) is 7.56. The summed E-state index contributed by atoms with van der Waals surface area (Å²) in [4.78, 5) is 39.6. The van der Waals surface area contributed by atoms with Crippen LogP contribution in [0.4, 0.5) is 11.5 Å². The lowest BCUT2D eigenvalue weighted by molar-refractivity contribution is -0.129. The number of carbonyl (C=O) groups excluding carboxylic acids is 3. The summed E-state index contributed by atoms with van der Waals surface area (Å²) in [5.41, 5.74) is 3.39. The molecule has 2 aliphatic heterocycles. The van der Waals surface area contributed by atoms with Gasteiger partial charge in [-0.05, 0) is 31.0 Å². The van der Waals surface area contributed by atoms with Gasteiger partial charge in [-0.1, -0.05) is 12.1 Å². The van der Waals surface area contributed by atoms with Crippen LogP contribution in [0.2, 0.25) is 0 Å². The van der Waals surface area contributed by atoms with E-state index >= 15 is 0 Å². The summed E-state index contributed by atoms with van der Waals surface area (Å²) >= 11 is 0. The van der Waals surface area contributed by atoms with Crippen molar-refractivity contribution in [2.45, 2.75) is 45.7 Å². The standard InChI is InChI=1S/C20H23N5O3/c1-12(14-5-7-15(8-6-14)25-9-3-4-18(25)27)20(28)21-19-16-10-24(13(2)26)11-17(16)22-23-19/h5-8,12H,3-4,9-11H2,1-2H3,(H2,21,22,23,28). The molecule has 0 aliphatic carbocycles. The summed E-state index contributed by atoms with van der Waals surface area (Å²) < 4.78 is 0. The van der Waals surface area contributed by atoms with E-state index in [4.69, 9.17) is 0 Å². The molecular formula is C20H23N5O3. The van der Waals surface area contributed by atoms with Gasteiger partial charge in [0.25, 0.3) is 0 Å². The first-order valence-electron chi connectivity index (χ1n) is 9.47. The number of fused-ring (bicyclic) bond motifs is 1. The lowest BCUT2D eigenvalue weighted by Gasteiger charge is -2.17. The fourth-order valence-electron chi connectivity index (χ4n) is 3.70. The first-order chi connectivity index (χ1) is 13.4. The summed E-state index contributed by atoms with van der Waals surface area (Å²) in [5, 5.41) is 9.96. The number of hydrogen-bond acceptors (Lipinski definition) is 4. The van der Waals surface area contributed by atoms with Crippen LogP contribution in [-0.2, 0) is 27.5 Å². The average Bonchev–Trinajstić information content (AvgIpc) is 3.38. The Bertz CT molecular complexity index is 934. The molecule has 2 aromatic rings. The van der Waals surface area contributed by atoms with Crippen LogP contribution in [0, 0.1) is 0 Å². The summed E-state index contributed by atoms with van der Waals surface area (Å²) in [6.45, 7) is 5.02. The van der Waals surface area contributed by atoms with E-state index < -0.39 is 0 Å². The van der Waals surface area contributed by atoms with E-state index in [0.29, 0.717) is 25.3 Å². The second-order valence-electron chi connectivity index (χ2n) is 7.35. The zero-order valence-corrected chi connectivity index (χ0v) is 16.0. The van der Waals surface area contributed by atoms with E-state index in [1.165, 1.54) is 6.92 Å².